The van der Waals surface area contributed by atoms with Crippen LogP contribution in [0.1, 0.15) is 12.0 Å². The highest BCUT2D eigenvalue weighted by molar-refractivity contribution is 7.91. The fourth-order valence-corrected chi connectivity index (χ4v) is 4.12. The molecule has 0 aromatic heterocycles. The summed E-state index contributed by atoms with van der Waals surface area (Å²) in [6, 6.07) is 6.02. The number of hydrogen-bond donors (Lipinski definition) is 1. The van der Waals surface area contributed by atoms with Crippen molar-refractivity contribution in [2.75, 3.05) is 23.0 Å². The fourth-order valence-electron chi connectivity index (χ4n) is 2.42. The maximum absolute atomic E-state index is 11.7. The minimum atomic E-state index is -3.26. The summed E-state index contributed by atoms with van der Waals surface area (Å²) in [5.41, 5.74) is 0.820. The second-order valence-electron chi connectivity index (χ2n) is 4.83. The van der Waals surface area contributed by atoms with Crippen molar-refractivity contribution in [1.29, 1.82) is 5.26 Å². The molecule has 0 radical (unpaired) electrons. The van der Waals surface area contributed by atoms with Gasteiger partial charge in [0, 0.05) is 11.6 Å². The van der Waals surface area contributed by atoms with Crippen molar-refractivity contribution in [2.24, 2.45) is 0 Å². The molecular weight excluding hydrogens is 316 g/mol. The summed E-state index contributed by atoms with van der Waals surface area (Å²) in [7, 11) is -3.26. The third-order valence-electron chi connectivity index (χ3n) is 3.33. The van der Waals surface area contributed by atoms with Gasteiger partial charge in [0.25, 0.3) is 0 Å². The van der Waals surface area contributed by atoms with Gasteiger partial charge < -0.3 is 10.0 Å². The summed E-state index contributed by atoms with van der Waals surface area (Å²) in [6.07, 6.45) is -0.299. The number of nitrogens with zero attached hydrogens (tertiary/aromatic N) is 2. The van der Waals surface area contributed by atoms with Crippen LogP contribution in [0.25, 0.3) is 0 Å². The molecule has 1 unspecified atom stereocenters. The second kappa shape index (κ2) is 5.92. The van der Waals surface area contributed by atoms with E-state index in [4.69, 9.17) is 16.7 Å². The summed E-state index contributed by atoms with van der Waals surface area (Å²) >= 11 is 5.84. The first-order chi connectivity index (χ1) is 9.82. The third kappa shape index (κ3) is 3.65. The van der Waals surface area contributed by atoms with Crippen LogP contribution in [0.15, 0.2) is 18.2 Å². The third-order valence-corrected chi connectivity index (χ3v) is 5.26. The lowest BCUT2D eigenvalue weighted by atomic mass is 10.1. The van der Waals surface area contributed by atoms with Gasteiger partial charge in [-0.05, 0) is 18.2 Å². The molecule has 1 saturated heterocycles. The van der Waals surface area contributed by atoms with Crippen molar-refractivity contribution in [3.05, 3.63) is 28.8 Å². The predicted molar refractivity (Wildman–Crippen MR) is 78.2 cm³/mol. The predicted octanol–water partition coefficient (Wildman–Crippen LogP) is 1.29. The number of halogens is 1. The lowest BCUT2D eigenvalue weighted by Gasteiger charge is -2.37. The van der Waals surface area contributed by atoms with E-state index < -0.39 is 21.8 Å². The normalized spacial score (nSPS) is 20.8. The van der Waals surface area contributed by atoms with Gasteiger partial charge in [-0.3, -0.25) is 4.79 Å². The molecule has 0 saturated carbocycles. The highest BCUT2D eigenvalue weighted by Crippen LogP contribution is 2.28. The van der Waals surface area contributed by atoms with Crippen molar-refractivity contribution < 1.29 is 18.3 Å². The molecule has 0 spiro atoms. The SMILES string of the molecule is N#Cc1cc(Cl)ccc1N1CCS(=O)(=O)CC1CC(=O)O. The van der Waals surface area contributed by atoms with Gasteiger partial charge in [0.1, 0.15) is 6.07 Å². The van der Waals surface area contributed by atoms with E-state index in [9.17, 15) is 18.5 Å². The Morgan fingerprint density at radius 1 is 1.52 bits per heavy atom. The molecule has 0 bridgehead atoms. The first-order valence-electron chi connectivity index (χ1n) is 6.21. The molecule has 1 aromatic carbocycles. The molecular formula is C13H13ClN2O4S. The van der Waals surface area contributed by atoms with E-state index in [2.05, 4.69) is 0 Å². The summed E-state index contributed by atoms with van der Waals surface area (Å²) in [5, 5.41) is 18.5. The quantitative estimate of drug-likeness (QED) is 0.897. The molecule has 2 rings (SSSR count). The highest BCUT2D eigenvalue weighted by Gasteiger charge is 2.33. The number of sulfone groups is 1. The molecule has 1 aliphatic heterocycles. The molecule has 0 amide bonds. The van der Waals surface area contributed by atoms with Crippen LogP contribution in [-0.2, 0) is 14.6 Å². The Balaban J connectivity index is 2.41. The van der Waals surface area contributed by atoms with E-state index in [1.165, 1.54) is 6.07 Å². The van der Waals surface area contributed by atoms with Crippen molar-refractivity contribution in [2.45, 2.75) is 12.5 Å². The molecule has 1 N–H and O–H groups in total. The van der Waals surface area contributed by atoms with Crippen LogP contribution in [0.4, 0.5) is 5.69 Å². The number of rotatable bonds is 3. The summed E-state index contributed by atoms with van der Waals surface area (Å²) in [6.45, 7) is 0.163. The molecule has 112 valence electrons. The molecule has 0 aliphatic carbocycles. The highest BCUT2D eigenvalue weighted by atomic mass is 35.5. The van der Waals surface area contributed by atoms with E-state index in [0.717, 1.165) is 0 Å². The number of benzene rings is 1. The fraction of sp³-hybridized carbons (Fsp3) is 0.385. The van der Waals surface area contributed by atoms with Gasteiger partial charge in [-0.1, -0.05) is 11.6 Å². The van der Waals surface area contributed by atoms with Crippen molar-refractivity contribution in [3.8, 4) is 6.07 Å². The summed E-state index contributed by atoms with van der Waals surface area (Å²) < 4.78 is 23.4. The molecule has 1 aliphatic rings. The molecule has 1 aromatic rings. The molecule has 8 heteroatoms. The average Bonchev–Trinajstić information content (AvgIpc) is 2.38. The van der Waals surface area contributed by atoms with E-state index in [-0.39, 0.29) is 24.5 Å². The van der Waals surface area contributed by atoms with Crippen molar-refractivity contribution >= 4 is 33.1 Å². The Hall–Kier alpha value is -1.78. The van der Waals surface area contributed by atoms with Crippen LogP contribution in [0.5, 0.6) is 0 Å². The van der Waals surface area contributed by atoms with Gasteiger partial charge in [-0.25, -0.2) is 8.42 Å². The van der Waals surface area contributed by atoms with Gasteiger partial charge in [0.15, 0.2) is 9.84 Å². The first-order valence-corrected chi connectivity index (χ1v) is 8.41. The summed E-state index contributed by atoms with van der Waals surface area (Å²) in [4.78, 5) is 12.6. The van der Waals surface area contributed by atoms with Gasteiger partial charge in [-0.15, -0.1) is 0 Å². The van der Waals surface area contributed by atoms with Gasteiger partial charge >= 0.3 is 5.97 Å². The van der Waals surface area contributed by atoms with Crippen LogP contribution in [-0.4, -0.2) is 43.6 Å². The minimum absolute atomic E-state index is 0.0589. The minimum Gasteiger partial charge on any atom is -0.481 e. The van der Waals surface area contributed by atoms with Crippen LogP contribution >= 0.6 is 11.6 Å². The topological polar surface area (TPSA) is 98.5 Å². The molecule has 1 fully saturated rings. The lowest BCUT2D eigenvalue weighted by Crippen LogP contribution is -2.49. The van der Waals surface area contributed by atoms with E-state index in [0.29, 0.717) is 16.3 Å². The Labute approximate surface area is 127 Å². The van der Waals surface area contributed by atoms with E-state index >= 15 is 0 Å². The number of carboxylic acids is 1. The van der Waals surface area contributed by atoms with E-state index in [1.54, 1.807) is 17.0 Å². The largest absolute Gasteiger partial charge is 0.481 e. The summed E-state index contributed by atoms with van der Waals surface area (Å²) in [5.74, 6) is -1.36. The molecule has 1 heterocycles. The van der Waals surface area contributed by atoms with Crippen molar-refractivity contribution in [1.82, 2.24) is 0 Å². The number of aliphatic carboxylic acids is 1. The number of anilines is 1. The number of hydrogen-bond acceptors (Lipinski definition) is 5. The Morgan fingerprint density at radius 2 is 2.24 bits per heavy atom. The molecule has 1 atom stereocenters. The van der Waals surface area contributed by atoms with Crippen molar-refractivity contribution in [3.63, 3.8) is 0 Å². The smallest absolute Gasteiger partial charge is 0.305 e. The van der Waals surface area contributed by atoms with Gasteiger partial charge in [0.2, 0.25) is 0 Å². The molecule has 21 heavy (non-hydrogen) atoms. The zero-order chi connectivity index (χ0) is 15.6. The maximum Gasteiger partial charge on any atom is 0.305 e. The Morgan fingerprint density at radius 3 is 2.86 bits per heavy atom. The lowest BCUT2D eigenvalue weighted by molar-refractivity contribution is -0.137. The standard InChI is InChI=1S/C13H13ClN2O4S/c14-10-1-2-12(9(5-10)7-15)16-3-4-21(19,20)8-11(16)6-13(17)18/h1-2,5,11H,3-4,6,8H2,(H,17,18). The van der Waals surface area contributed by atoms with E-state index in [1.807, 2.05) is 6.07 Å². The zero-order valence-corrected chi connectivity index (χ0v) is 12.6. The average molecular weight is 329 g/mol. The second-order valence-corrected chi connectivity index (χ2v) is 7.50. The number of carbonyl (C=O) groups is 1. The zero-order valence-electron chi connectivity index (χ0n) is 11.0. The number of nitriles is 1. The molecule has 6 nitrogen and oxygen atoms in total. The van der Waals surface area contributed by atoms with Gasteiger partial charge in [0.05, 0.1) is 35.2 Å². The van der Waals surface area contributed by atoms with Crippen LogP contribution in [0.3, 0.4) is 0 Å². The van der Waals surface area contributed by atoms with Gasteiger partial charge in [-0.2, -0.15) is 5.26 Å². The van der Waals surface area contributed by atoms with Crippen LogP contribution in [0.2, 0.25) is 5.02 Å². The Bertz CT molecular complexity index is 711. The first kappa shape index (κ1) is 15.6. The number of carboxylic acid groups (broad SMARTS) is 1. The van der Waals surface area contributed by atoms with Crippen LogP contribution < -0.4 is 4.90 Å². The monoisotopic (exact) mass is 328 g/mol. The van der Waals surface area contributed by atoms with Crippen LogP contribution in [0, 0.1) is 11.3 Å². The maximum atomic E-state index is 11.7. The Kier molecular flexibility index (Phi) is 4.40.